The summed E-state index contributed by atoms with van der Waals surface area (Å²) in [6.07, 6.45) is 31.1. The van der Waals surface area contributed by atoms with Crippen molar-refractivity contribution in [3.8, 4) is 0 Å². The van der Waals surface area contributed by atoms with E-state index in [1.165, 1.54) is 135 Å². The van der Waals surface area contributed by atoms with Crippen LogP contribution in [0.5, 0.6) is 0 Å². The van der Waals surface area contributed by atoms with Gasteiger partial charge in [0.2, 0.25) is 0 Å². The van der Waals surface area contributed by atoms with Crippen molar-refractivity contribution >= 4 is 18.3 Å². The molecule has 2 N–H and O–H groups in total. The molecule has 0 aliphatic rings. The quantitative estimate of drug-likeness (QED) is 0.100. The predicted octanol–water partition coefficient (Wildman–Crippen LogP) is 8.90. The minimum atomic E-state index is -4.67. The number of hydrogen-bond donors (Lipinski definition) is 2. The molecular weight excluding hydrogens is 415 g/mol. The molecule has 4 nitrogen and oxygen atoms in total. The Balaban J connectivity index is 0. The first-order chi connectivity index (χ1) is 14.3. The molecule has 6 heteroatoms. The molecule has 0 radical (unpaired) electrons. The molecule has 0 fully saturated rings. The topological polar surface area (TPSA) is 74.6 Å². The Morgan fingerprint density at radius 2 is 0.700 bits per heavy atom. The minimum Gasteiger partial charge on any atom is -0.264 e. The maximum atomic E-state index is 8.74. The molecular formula is C24H53O4PS. The minimum absolute atomic E-state index is 0.354. The van der Waals surface area contributed by atoms with Gasteiger partial charge in [0.05, 0.1) is 0 Å². The highest BCUT2D eigenvalue weighted by Gasteiger charge is 1.96. The molecule has 0 saturated carbocycles. The monoisotopic (exact) mass is 468 g/mol. The maximum absolute atomic E-state index is 8.74. The van der Waals surface area contributed by atoms with E-state index in [4.69, 9.17) is 17.5 Å². The molecule has 0 aromatic carbocycles. The second-order valence-corrected chi connectivity index (χ2v) is 12.5. The molecule has 0 bridgehead atoms. The molecule has 0 amide bonds. The van der Waals surface area contributed by atoms with Crippen LogP contribution in [0.2, 0.25) is 0 Å². The van der Waals surface area contributed by atoms with Gasteiger partial charge in [-0.15, -0.1) is 7.92 Å². The van der Waals surface area contributed by atoms with Crippen LogP contribution in [0.25, 0.3) is 0 Å². The van der Waals surface area contributed by atoms with E-state index >= 15 is 0 Å². The van der Waals surface area contributed by atoms with E-state index < -0.39 is 10.4 Å². The van der Waals surface area contributed by atoms with Crippen LogP contribution < -0.4 is 0 Å². The first kappa shape index (κ1) is 32.5. The summed E-state index contributed by atoms with van der Waals surface area (Å²) in [5, 5.41) is 0. The van der Waals surface area contributed by atoms with Gasteiger partial charge in [0.25, 0.3) is 0 Å². The molecule has 0 atom stereocenters. The second-order valence-electron chi connectivity index (χ2n) is 8.97. The van der Waals surface area contributed by atoms with Gasteiger partial charge in [-0.3, -0.25) is 9.11 Å². The highest BCUT2D eigenvalue weighted by atomic mass is 32.3. The highest BCUT2D eigenvalue weighted by molar-refractivity contribution is 7.79. The van der Waals surface area contributed by atoms with Crippen LogP contribution in [0.1, 0.15) is 135 Å². The smallest absolute Gasteiger partial charge is 0.264 e. The molecule has 0 spiro atoms. The lowest BCUT2D eigenvalue weighted by molar-refractivity contribution is 0.381. The van der Waals surface area contributed by atoms with Crippen molar-refractivity contribution in [2.24, 2.45) is 0 Å². The molecule has 0 rings (SSSR count). The Morgan fingerprint density at radius 1 is 0.500 bits per heavy atom. The first-order valence-electron chi connectivity index (χ1n) is 12.6. The summed E-state index contributed by atoms with van der Waals surface area (Å²) in [5.41, 5.74) is 0. The van der Waals surface area contributed by atoms with Crippen LogP contribution in [0, 0.1) is 0 Å². The van der Waals surface area contributed by atoms with Gasteiger partial charge in [-0.2, -0.15) is 8.42 Å². The van der Waals surface area contributed by atoms with Gasteiger partial charge in [0, 0.05) is 0 Å². The van der Waals surface area contributed by atoms with E-state index in [9.17, 15) is 0 Å². The molecule has 0 aliphatic carbocycles. The summed E-state index contributed by atoms with van der Waals surface area (Å²) in [6.45, 7) is 7.12. The summed E-state index contributed by atoms with van der Waals surface area (Å²) in [7, 11) is -4.31. The zero-order chi connectivity index (χ0) is 22.9. The molecule has 184 valence electrons. The first-order valence-corrected chi connectivity index (χ1v) is 16.4. The van der Waals surface area contributed by atoms with Gasteiger partial charge in [-0.25, -0.2) is 0 Å². The Hall–Kier alpha value is 0.300. The zero-order valence-corrected chi connectivity index (χ0v) is 22.1. The highest BCUT2D eigenvalue weighted by Crippen LogP contribution is 2.26. The normalized spacial score (nSPS) is 11.5. The van der Waals surface area contributed by atoms with E-state index in [1.54, 1.807) is 0 Å². The van der Waals surface area contributed by atoms with Crippen molar-refractivity contribution in [2.75, 3.05) is 19.5 Å². The SMILES string of the molecule is CCCCCCCCCCCCCCCCCCCCCCP(C)C.O=S(=O)(O)O. The molecule has 0 aromatic heterocycles. The van der Waals surface area contributed by atoms with E-state index in [1.807, 2.05) is 0 Å². The number of hydrogen-bond acceptors (Lipinski definition) is 2. The predicted molar refractivity (Wildman–Crippen MR) is 136 cm³/mol. The van der Waals surface area contributed by atoms with Crippen molar-refractivity contribution in [1.82, 2.24) is 0 Å². The summed E-state index contributed by atoms with van der Waals surface area (Å²) >= 11 is 0. The van der Waals surface area contributed by atoms with E-state index in [0.717, 1.165) is 0 Å². The van der Waals surface area contributed by atoms with Gasteiger partial charge in [0.15, 0.2) is 0 Å². The maximum Gasteiger partial charge on any atom is 0.394 e. The van der Waals surface area contributed by atoms with E-state index in [2.05, 4.69) is 20.3 Å². The van der Waals surface area contributed by atoms with E-state index in [0.29, 0.717) is 7.92 Å². The molecule has 0 aromatic rings. The van der Waals surface area contributed by atoms with Crippen LogP contribution in [-0.4, -0.2) is 37.0 Å². The second kappa shape index (κ2) is 25.6. The van der Waals surface area contributed by atoms with Gasteiger partial charge in [-0.05, 0) is 25.9 Å². The fraction of sp³-hybridized carbons (Fsp3) is 1.00. The van der Waals surface area contributed by atoms with Crippen LogP contribution >= 0.6 is 7.92 Å². The average Bonchev–Trinajstić information content (AvgIpc) is 2.65. The number of unbranched alkanes of at least 4 members (excludes halogenated alkanes) is 19. The zero-order valence-electron chi connectivity index (χ0n) is 20.4. The summed E-state index contributed by atoms with van der Waals surface area (Å²) in [4.78, 5) is 0. The van der Waals surface area contributed by atoms with Crippen LogP contribution in [0.15, 0.2) is 0 Å². The molecule has 0 saturated heterocycles. The summed E-state index contributed by atoms with van der Waals surface area (Å²) in [5.74, 6) is 0. The largest absolute Gasteiger partial charge is 0.394 e. The Kier molecular flexibility index (Phi) is 27.7. The summed E-state index contributed by atoms with van der Waals surface area (Å²) < 4.78 is 31.6. The molecule has 0 unspecified atom stereocenters. The lowest BCUT2D eigenvalue weighted by Gasteiger charge is -2.05. The van der Waals surface area contributed by atoms with Crippen molar-refractivity contribution < 1.29 is 17.5 Å². The van der Waals surface area contributed by atoms with Gasteiger partial charge in [-0.1, -0.05) is 129 Å². The van der Waals surface area contributed by atoms with Crippen molar-refractivity contribution in [1.29, 1.82) is 0 Å². The van der Waals surface area contributed by atoms with Crippen molar-refractivity contribution in [3.05, 3.63) is 0 Å². The molecule has 0 heterocycles. The third-order valence-corrected chi connectivity index (χ3v) is 6.67. The third kappa shape index (κ3) is 42.4. The van der Waals surface area contributed by atoms with Crippen LogP contribution in [0.4, 0.5) is 0 Å². The van der Waals surface area contributed by atoms with E-state index in [-0.39, 0.29) is 0 Å². The fourth-order valence-corrected chi connectivity index (χ4v) is 4.54. The summed E-state index contributed by atoms with van der Waals surface area (Å²) in [6, 6.07) is 0. The van der Waals surface area contributed by atoms with Crippen LogP contribution in [-0.2, 0) is 10.4 Å². The average molecular weight is 469 g/mol. The van der Waals surface area contributed by atoms with Gasteiger partial charge >= 0.3 is 10.4 Å². The third-order valence-electron chi connectivity index (χ3n) is 5.46. The Labute approximate surface area is 190 Å². The van der Waals surface area contributed by atoms with Crippen molar-refractivity contribution in [2.45, 2.75) is 135 Å². The standard InChI is InChI=1S/C24H51P.H2O4S/c1-4-5-6-7-8-9-10-11-12-13-14-15-16-17-18-19-20-21-22-23-24-25(2)3;1-5(2,3)4/h4-24H2,1-3H3;(H2,1,2,3,4). The molecule has 30 heavy (non-hydrogen) atoms. The number of rotatable bonds is 21. The van der Waals surface area contributed by atoms with Crippen LogP contribution in [0.3, 0.4) is 0 Å². The lowest BCUT2D eigenvalue weighted by Crippen LogP contribution is -1.89. The van der Waals surface area contributed by atoms with Gasteiger partial charge < -0.3 is 0 Å². The Morgan fingerprint density at radius 3 is 0.900 bits per heavy atom. The molecule has 0 aliphatic heterocycles. The fourth-order valence-electron chi connectivity index (χ4n) is 3.68. The van der Waals surface area contributed by atoms with Gasteiger partial charge in [0.1, 0.15) is 0 Å². The Bertz CT molecular complexity index is 405. The van der Waals surface area contributed by atoms with Crippen molar-refractivity contribution in [3.63, 3.8) is 0 Å². The lowest BCUT2D eigenvalue weighted by atomic mass is 10.0.